The van der Waals surface area contributed by atoms with Crippen molar-refractivity contribution in [3.8, 4) is 17.5 Å². The summed E-state index contributed by atoms with van der Waals surface area (Å²) in [6, 6.07) is 16.6. The van der Waals surface area contributed by atoms with Crippen LogP contribution < -0.4 is 14.8 Å². The normalized spacial score (nSPS) is 10.1. The van der Waals surface area contributed by atoms with Crippen LogP contribution in [0.3, 0.4) is 0 Å². The number of hydrogen-bond donors (Lipinski definition) is 1. The fourth-order valence-corrected chi connectivity index (χ4v) is 2.14. The van der Waals surface area contributed by atoms with Gasteiger partial charge in [0.15, 0.2) is 0 Å². The van der Waals surface area contributed by atoms with Gasteiger partial charge in [-0.3, -0.25) is 4.79 Å². The van der Waals surface area contributed by atoms with E-state index in [2.05, 4.69) is 15.3 Å². The van der Waals surface area contributed by atoms with Crippen molar-refractivity contribution in [3.05, 3.63) is 72.6 Å². The second-order valence-electron chi connectivity index (χ2n) is 5.05. The minimum atomic E-state index is -0.306. The van der Waals surface area contributed by atoms with Crippen molar-refractivity contribution >= 4 is 11.6 Å². The molecule has 1 amide bonds. The highest BCUT2D eigenvalue weighted by atomic mass is 16.5. The molecular formula is C19H17N3O3. The molecule has 0 atom stereocenters. The average Bonchev–Trinajstić information content (AvgIpc) is 2.65. The molecule has 0 aliphatic heterocycles. The Hall–Kier alpha value is -3.41. The summed E-state index contributed by atoms with van der Waals surface area (Å²) in [6.45, 7) is 2.33. The number of hydrogen-bond acceptors (Lipinski definition) is 5. The summed E-state index contributed by atoms with van der Waals surface area (Å²) in [5.74, 6) is 0.824. The fraction of sp³-hybridized carbons (Fsp3) is 0.105. The summed E-state index contributed by atoms with van der Waals surface area (Å²) < 4.78 is 11.0. The monoisotopic (exact) mass is 335 g/mol. The highest BCUT2D eigenvalue weighted by molar-refractivity contribution is 6.06. The van der Waals surface area contributed by atoms with Gasteiger partial charge in [-0.1, -0.05) is 30.3 Å². The Balaban J connectivity index is 1.76. The number of nitrogens with one attached hydrogen (secondary N) is 1. The number of aromatic nitrogens is 2. The summed E-state index contributed by atoms with van der Waals surface area (Å²) in [4.78, 5) is 20.6. The van der Waals surface area contributed by atoms with E-state index in [0.29, 0.717) is 29.4 Å². The van der Waals surface area contributed by atoms with Crippen molar-refractivity contribution < 1.29 is 14.3 Å². The second-order valence-corrected chi connectivity index (χ2v) is 5.05. The number of carbonyl (C=O) groups excluding carboxylic acids is 1. The van der Waals surface area contributed by atoms with E-state index in [1.54, 1.807) is 18.2 Å². The Kier molecular flexibility index (Phi) is 5.21. The third-order valence-corrected chi connectivity index (χ3v) is 3.26. The highest BCUT2D eigenvalue weighted by Gasteiger charge is 2.13. The van der Waals surface area contributed by atoms with E-state index in [4.69, 9.17) is 9.47 Å². The Bertz CT molecular complexity index is 836. The molecule has 0 radical (unpaired) electrons. The van der Waals surface area contributed by atoms with Gasteiger partial charge in [0.05, 0.1) is 30.3 Å². The lowest BCUT2D eigenvalue weighted by atomic mass is 10.2. The Morgan fingerprint density at radius 1 is 1.00 bits per heavy atom. The highest BCUT2D eigenvalue weighted by Crippen LogP contribution is 2.25. The first kappa shape index (κ1) is 16.4. The number of carbonyl (C=O) groups is 1. The number of nitrogens with zero attached hydrogens (tertiary/aromatic N) is 2. The summed E-state index contributed by atoms with van der Waals surface area (Å²) in [5.41, 5.74) is 0.892. The second kappa shape index (κ2) is 7.92. The standard InChI is InChI=1S/C19H17N3O3/c1-2-24-19-20-12-14(13-21-19)22-18(23)16-10-6-7-11-17(16)25-15-8-4-3-5-9-15/h3-13H,2H2,1H3,(H,22,23). The third kappa shape index (κ3) is 4.32. The van der Waals surface area contributed by atoms with Gasteiger partial charge in [0.25, 0.3) is 5.91 Å². The molecule has 2 aromatic carbocycles. The number of rotatable bonds is 6. The minimum Gasteiger partial charge on any atom is -0.464 e. The topological polar surface area (TPSA) is 73.3 Å². The van der Waals surface area contributed by atoms with Gasteiger partial charge in [-0.2, -0.15) is 0 Å². The number of ether oxygens (including phenoxy) is 2. The number of benzene rings is 2. The van der Waals surface area contributed by atoms with Crippen LogP contribution in [0.5, 0.6) is 17.5 Å². The maximum absolute atomic E-state index is 12.6. The van der Waals surface area contributed by atoms with Crippen LogP contribution in [0.15, 0.2) is 67.0 Å². The van der Waals surface area contributed by atoms with Gasteiger partial charge in [0, 0.05) is 0 Å². The predicted molar refractivity (Wildman–Crippen MR) is 94.1 cm³/mol. The minimum absolute atomic E-state index is 0.272. The van der Waals surface area contributed by atoms with Crippen LogP contribution in [0.4, 0.5) is 5.69 Å². The van der Waals surface area contributed by atoms with Crippen molar-refractivity contribution in [2.45, 2.75) is 6.92 Å². The van der Waals surface area contributed by atoms with Gasteiger partial charge >= 0.3 is 6.01 Å². The molecule has 1 heterocycles. The van der Waals surface area contributed by atoms with Crippen LogP contribution in [0.25, 0.3) is 0 Å². The third-order valence-electron chi connectivity index (χ3n) is 3.26. The van der Waals surface area contributed by atoms with Crippen molar-refractivity contribution in [3.63, 3.8) is 0 Å². The van der Waals surface area contributed by atoms with Crippen LogP contribution >= 0.6 is 0 Å². The Morgan fingerprint density at radius 2 is 1.68 bits per heavy atom. The zero-order chi connectivity index (χ0) is 17.5. The van der Waals surface area contributed by atoms with Crippen molar-refractivity contribution in [1.29, 1.82) is 0 Å². The first-order valence-electron chi connectivity index (χ1n) is 7.84. The largest absolute Gasteiger partial charge is 0.464 e. The van der Waals surface area contributed by atoms with E-state index >= 15 is 0 Å². The van der Waals surface area contributed by atoms with Gasteiger partial charge < -0.3 is 14.8 Å². The lowest BCUT2D eigenvalue weighted by molar-refractivity contribution is 0.102. The zero-order valence-electron chi connectivity index (χ0n) is 13.7. The summed E-state index contributed by atoms with van der Waals surface area (Å²) in [5, 5.41) is 2.75. The molecule has 25 heavy (non-hydrogen) atoms. The first-order valence-corrected chi connectivity index (χ1v) is 7.84. The van der Waals surface area contributed by atoms with Crippen molar-refractivity contribution in [2.24, 2.45) is 0 Å². The van der Waals surface area contributed by atoms with Gasteiger partial charge in [-0.05, 0) is 31.2 Å². The molecule has 3 rings (SSSR count). The number of amides is 1. The molecule has 6 nitrogen and oxygen atoms in total. The van der Waals surface area contributed by atoms with Gasteiger partial charge in [0.1, 0.15) is 11.5 Å². The Morgan fingerprint density at radius 3 is 2.40 bits per heavy atom. The maximum atomic E-state index is 12.6. The molecule has 126 valence electrons. The molecule has 0 fully saturated rings. The molecule has 6 heteroatoms. The maximum Gasteiger partial charge on any atom is 0.316 e. The molecule has 3 aromatic rings. The predicted octanol–water partition coefficient (Wildman–Crippen LogP) is 3.92. The molecule has 0 saturated carbocycles. The summed E-state index contributed by atoms with van der Waals surface area (Å²) in [7, 11) is 0. The fourth-order valence-electron chi connectivity index (χ4n) is 2.14. The van der Waals surface area contributed by atoms with Gasteiger partial charge in [-0.25, -0.2) is 9.97 Å². The molecule has 1 N–H and O–H groups in total. The van der Waals surface area contributed by atoms with Crippen LogP contribution in [-0.4, -0.2) is 22.5 Å². The lowest BCUT2D eigenvalue weighted by Gasteiger charge is -2.11. The van der Waals surface area contributed by atoms with Crippen LogP contribution in [-0.2, 0) is 0 Å². The van der Waals surface area contributed by atoms with E-state index < -0.39 is 0 Å². The number of anilines is 1. The van der Waals surface area contributed by atoms with Crippen LogP contribution in [0, 0.1) is 0 Å². The Labute approximate surface area is 145 Å². The van der Waals surface area contributed by atoms with Crippen molar-refractivity contribution in [2.75, 3.05) is 11.9 Å². The zero-order valence-corrected chi connectivity index (χ0v) is 13.7. The van der Waals surface area contributed by atoms with Gasteiger partial charge in [0.2, 0.25) is 0 Å². The molecule has 0 bridgehead atoms. The molecule has 0 aliphatic carbocycles. The average molecular weight is 335 g/mol. The van der Waals surface area contributed by atoms with Gasteiger partial charge in [-0.15, -0.1) is 0 Å². The van der Waals surface area contributed by atoms with E-state index in [1.165, 1.54) is 12.4 Å². The van der Waals surface area contributed by atoms with Crippen molar-refractivity contribution in [1.82, 2.24) is 9.97 Å². The molecule has 0 saturated heterocycles. The van der Waals surface area contributed by atoms with Crippen LogP contribution in [0.1, 0.15) is 17.3 Å². The summed E-state index contributed by atoms with van der Waals surface area (Å²) in [6.07, 6.45) is 2.99. The molecule has 0 spiro atoms. The quantitative estimate of drug-likeness (QED) is 0.739. The van der Waals surface area contributed by atoms with E-state index in [-0.39, 0.29) is 11.9 Å². The SMILES string of the molecule is CCOc1ncc(NC(=O)c2ccccc2Oc2ccccc2)cn1. The van der Waals surface area contributed by atoms with E-state index in [0.717, 1.165) is 0 Å². The van der Waals surface area contributed by atoms with E-state index in [9.17, 15) is 4.79 Å². The van der Waals surface area contributed by atoms with E-state index in [1.807, 2.05) is 43.3 Å². The smallest absolute Gasteiger partial charge is 0.316 e. The molecule has 1 aromatic heterocycles. The first-order chi connectivity index (χ1) is 12.3. The lowest BCUT2D eigenvalue weighted by Crippen LogP contribution is -2.13. The van der Waals surface area contributed by atoms with Crippen LogP contribution in [0.2, 0.25) is 0 Å². The molecule has 0 aliphatic rings. The number of para-hydroxylation sites is 2. The molecular weight excluding hydrogens is 318 g/mol. The summed E-state index contributed by atoms with van der Waals surface area (Å²) >= 11 is 0. The molecule has 0 unspecified atom stereocenters.